The minimum absolute atomic E-state index is 0.801. The SMILES string of the molecule is Cn1cc(CN2CCN(CCCN)CC2)cn1. The second-order valence-electron chi connectivity index (χ2n) is 4.78. The maximum Gasteiger partial charge on any atom is 0.0534 e. The molecule has 2 heterocycles. The van der Waals surface area contributed by atoms with Crippen molar-refractivity contribution in [3.63, 3.8) is 0 Å². The third kappa shape index (κ3) is 3.80. The summed E-state index contributed by atoms with van der Waals surface area (Å²) in [4.78, 5) is 5.00. The van der Waals surface area contributed by atoms with Crippen LogP contribution in [0.1, 0.15) is 12.0 Å². The molecule has 0 spiro atoms. The second kappa shape index (κ2) is 6.14. The Morgan fingerprint density at radius 1 is 1.24 bits per heavy atom. The summed E-state index contributed by atoms with van der Waals surface area (Å²) in [6.45, 7) is 7.62. The molecule has 17 heavy (non-hydrogen) atoms. The van der Waals surface area contributed by atoms with Crippen molar-refractivity contribution in [2.45, 2.75) is 13.0 Å². The molecule has 0 saturated carbocycles. The topological polar surface area (TPSA) is 50.3 Å². The highest BCUT2D eigenvalue weighted by atomic mass is 15.3. The minimum atomic E-state index is 0.801. The van der Waals surface area contributed by atoms with Crippen molar-refractivity contribution in [1.29, 1.82) is 0 Å². The molecule has 0 unspecified atom stereocenters. The summed E-state index contributed by atoms with van der Waals surface area (Å²) >= 11 is 0. The first-order valence-corrected chi connectivity index (χ1v) is 6.40. The van der Waals surface area contributed by atoms with Crippen LogP contribution < -0.4 is 5.73 Å². The van der Waals surface area contributed by atoms with Gasteiger partial charge in [-0.25, -0.2) is 0 Å². The fraction of sp³-hybridized carbons (Fsp3) is 0.750. The van der Waals surface area contributed by atoms with E-state index in [4.69, 9.17) is 5.73 Å². The molecule has 2 rings (SSSR count). The summed E-state index contributed by atoms with van der Waals surface area (Å²) in [5, 5.41) is 4.20. The van der Waals surface area contributed by atoms with Gasteiger partial charge in [0.25, 0.3) is 0 Å². The van der Waals surface area contributed by atoms with Crippen LogP contribution in [0.5, 0.6) is 0 Å². The molecule has 0 radical (unpaired) electrons. The van der Waals surface area contributed by atoms with Crippen molar-refractivity contribution in [3.05, 3.63) is 18.0 Å². The van der Waals surface area contributed by atoms with E-state index < -0.39 is 0 Å². The minimum Gasteiger partial charge on any atom is -0.330 e. The summed E-state index contributed by atoms with van der Waals surface area (Å²) in [5.74, 6) is 0. The Hall–Kier alpha value is -0.910. The van der Waals surface area contributed by atoms with Gasteiger partial charge < -0.3 is 10.6 Å². The van der Waals surface area contributed by atoms with Gasteiger partial charge in [-0.2, -0.15) is 5.10 Å². The molecular formula is C12H23N5. The van der Waals surface area contributed by atoms with E-state index in [-0.39, 0.29) is 0 Å². The van der Waals surface area contributed by atoms with E-state index in [0.717, 1.165) is 39.1 Å². The number of piperazine rings is 1. The van der Waals surface area contributed by atoms with Crippen molar-refractivity contribution >= 4 is 0 Å². The average Bonchev–Trinajstić information content (AvgIpc) is 2.74. The molecule has 5 nitrogen and oxygen atoms in total. The van der Waals surface area contributed by atoms with Crippen molar-refractivity contribution < 1.29 is 0 Å². The van der Waals surface area contributed by atoms with Crippen LogP contribution in [0.4, 0.5) is 0 Å². The van der Waals surface area contributed by atoms with E-state index in [1.807, 2.05) is 17.9 Å². The first-order chi connectivity index (χ1) is 8.28. The molecule has 0 aromatic carbocycles. The molecule has 2 N–H and O–H groups in total. The van der Waals surface area contributed by atoms with Crippen molar-refractivity contribution in [3.8, 4) is 0 Å². The monoisotopic (exact) mass is 237 g/mol. The van der Waals surface area contributed by atoms with E-state index in [2.05, 4.69) is 21.1 Å². The molecule has 96 valence electrons. The van der Waals surface area contributed by atoms with Crippen molar-refractivity contribution in [2.75, 3.05) is 39.3 Å². The lowest BCUT2D eigenvalue weighted by Crippen LogP contribution is -2.46. The van der Waals surface area contributed by atoms with Gasteiger partial charge in [-0.1, -0.05) is 0 Å². The quantitative estimate of drug-likeness (QED) is 0.776. The predicted molar refractivity (Wildman–Crippen MR) is 68.6 cm³/mol. The second-order valence-corrected chi connectivity index (χ2v) is 4.78. The predicted octanol–water partition coefficient (Wildman–Crippen LogP) is -0.113. The first kappa shape index (κ1) is 12.5. The van der Waals surface area contributed by atoms with Crippen molar-refractivity contribution in [1.82, 2.24) is 19.6 Å². The number of aryl methyl sites for hydroxylation is 1. The molecule has 1 aromatic heterocycles. The molecule has 1 fully saturated rings. The van der Waals surface area contributed by atoms with E-state index in [1.54, 1.807) is 0 Å². The van der Waals surface area contributed by atoms with Gasteiger partial charge in [0, 0.05) is 51.5 Å². The van der Waals surface area contributed by atoms with Gasteiger partial charge in [-0.15, -0.1) is 0 Å². The van der Waals surface area contributed by atoms with Crippen molar-refractivity contribution in [2.24, 2.45) is 12.8 Å². The molecular weight excluding hydrogens is 214 g/mol. The third-order valence-electron chi connectivity index (χ3n) is 3.31. The summed E-state index contributed by atoms with van der Waals surface area (Å²) in [6, 6.07) is 0. The maximum atomic E-state index is 5.53. The van der Waals surface area contributed by atoms with Crippen LogP contribution in [0.15, 0.2) is 12.4 Å². The molecule has 1 aliphatic rings. The number of hydrogen-bond acceptors (Lipinski definition) is 4. The number of rotatable bonds is 5. The standard InChI is InChI=1S/C12H23N5/c1-15-10-12(9-14-15)11-17-7-5-16(6-8-17)4-2-3-13/h9-10H,2-8,11,13H2,1H3. The Morgan fingerprint density at radius 2 is 1.94 bits per heavy atom. The molecule has 1 aromatic rings. The summed E-state index contributed by atoms with van der Waals surface area (Å²) in [6.07, 6.45) is 5.17. The average molecular weight is 237 g/mol. The molecule has 0 atom stereocenters. The Bertz CT molecular complexity index is 327. The normalized spacial score (nSPS) is 18.7. The number of hydrogen-bond donors (Lipinski definition) is 1. The fourth-order valence-electron chi connectivity index (χ4n) is 2.30. The van der Waals surface area contributed by atoms with Gasteiger partial charge >= 0.3 is 0 Å². The lowest BCUT2D eigenvalue weighted by Gasteiger charge is -2.34. The third-order valence-corrected chi connectivity index (χ3v) is 3.31. The van der Waals surface area contributed by atoms with Crippen LogP contribution in [-0.4, -0.2) is 58.8 Å². The van der Waals surface area contributed by atoms with Gasteiger partial charge in [0.05, 0.1) is 6.20 Å². The Morgan fingerprint density at radius 3 is 2.53 bits per heavy atom. The van der Waals surface area contributed by atoms with E-state index >= 15 is 0 Å². The summed E-state index contributed by atoms with van der Waals surface area (Å²) < 4.78 is 1.87. The molecule has 5 heteroatoms. The van der Waals surface area contributed by atoms with Gasteiger partial charge in [-0.3, -0.25) is 9.58 Å². The smallest absolute Gasteiger partial charge is 0.0534 e. The Balaban J connectivity index is 1.72. The van der Waals surface area contributed by atoms with Crippen LogP contribution in [0.3, 0.4) is 0 Å². The number of nitrogens with zero attached hydrogens (tertiary/aromatic N) is 4. The molecule has 0 aliphatic carbocycles. The van der Waals surface area contributed by atoms with Gasteiger partial charge in [0.1, 0.15) is 0 Å². The lowest BCUT2D eigenvalue weighted by molar-refractivity contribution is 0.127. The van der Waals surface area contributed by atoms with Crippen LogP contribution >= 0.6 is 0 Å². The highest BCUT2D eigenvalue weighted by Gasteiger charge is 2.16. The zero-order valence-corrected chi connectivity index (χ0v) is 10.7. The Kier molecular flexibility index (Phi) is 4.53. The molecule has 0 bridgehead atoms. The van der Waals surface area contributed by atoms with E-state index in [1.165, 1.54) is 18.7 Å². The Labute approximate surface area is 103 Å². The van der Waals surface area contributed by atoms with E-state index in [9.17, 15) is 0 Å². The molecule has 0 amide bonds. The zero-order chi connectivity index (χ0) is 12.1. The zero-order valence-electron chi connectivity index (χ0n) is 10.7. The van der Waals surface area contributed by atoms with Gasteiger partial charge in [0.2, 0.25) is 0 Å². The maximum absolute atomic E-state index is 5.53. The molecule has 1 aliphatic heterocycles. The number of nitrogens with two attached hydrogens (primary N) is 1. The first-order valence-electron chi connectivity index (χ1n) is 6.40. The molecule has 1 saturated heterocycles. The van der Waals surface area contributed by atoms with Crippen LogP contribution in [0.2, 0.25) is 0 Å². The fourth-order valence-corrected chi connectivity index (χ4v) is 2.30. The summed E-state index contributed by atoms with van der Waals surface area (Å²) in [5.41, 5.74) is 6.84. The van der Waals surface area contributed by atoms with E-state index in [0.29, 0.717) is 0 Å². The van der Waals surface area contributed by atoms with Gasteiger partial charge in [0.15, 0.2) is 0 Å². The van der Waals surface area contributed by atoms with Crippen LogP contribution in [-0.2, 0) is 13.6 Å². The highest BCUT2D eigenvalue weighted by Crippen LogP contribution is 2.07. The van der Waals surface area contributed by atoms with Gasteiger partial charge in [-0.05, 0) is 19.5 Å². The largest absolute Gasteiger partial charge is 0.330 e. The van der Waals surface area contributed by atoms with Crippen LogP contribution in [0, 0.1) is 0 Å². The lowest BCUT2D eigenvalue weighted by atomic mass is 10.2. The summed E-state index contributed by atoms with van der Waals surface area (Å²) in [7, 11) is 1.97. The number of aromatic nitrogens is 2. The van der Waals surface area contributed by atoms with Crippen LogP contribution in [0.25, 0.3) is 0 Å². The highest BCUT2D eigenvalue weighted by molar-refractivity contribution is 5.03.